The van der Waals surface area contributed by atoms with Crippen LogP contribution in [-0.4, -0.2) is 38.0 Å². The van der Waals surface area contributed by atoms with Gasteiger partial charge in [-0.3, -0.25) is 0 Å². The zero-order valence-electron chi connectivity index (χ0n) is 11.8. The molecule has 0 atom stereocenters. The molecule has 2 rings (SSSR count). The van der Waals surface area contributed by atoms with Crippen LogP contribution >= 0.6 is 11.6 Å². The third-order valence-electron chi connectivity index (χ3n) is 3.37. The second-order valence-corrected chi connectivity index (χ2v) is 7.91. The monoisotopic (exact) mass is 318 g/mol. The molecule has 0 bridgehead atoms. The summed E-state index contributed by atoms with van der Waals surface area (Å²) in [6.07, 6.45) is 0. The summed E-state index contributed by atoms with van der Waals surface area (Å²) in [4.78, 5) is 0.167. The van der Waals surface area contributed by atoms with Crippen molar-refractivity contribution >= 4 is 27.3 Å². The van der Waals surface area contributed by atoms with E-state index in [0.717, 1.165) is 0 Å². The van der Waals surface area contributed by atoms with E-state index in [0.29, 0.717) is 36.0 Å². The largest absolute Gasteiger partial charge is 0.398 e. The van der Waals surface area contributed by atoms with Crippen LogP contribution in [0, 0.1) is 6.92 Å². The van der Waals surface area contributed by atoms with Gasteiger partial charge in [0.2, 0.25) is 10.0 Å². The van der Waals surface area contributed by atoms with Crippen LogP contribution in [0.25, 0.3) is 0 Å². The van der Waals surface area contributed by atoms with Crippen LogP contribution in [0.5, 0.6) is 0 Å². The normalized spacial score (nSPS) is 20.0. The van der Waals surface area contributed by atoms with Crippen molar-refractivity contribution < 1.29 is 13.2 Å². The number of morpholine rings is 1. The summed E-state index contributed by atoms with van der Waals surface area (Å²) in [6, 6.07) is 3.00. The Labute approximate surface area is 124 Å². The highest BCUT2D eigenvalue weighted by molar-refractivity contribution is 7.89. The van der Waals surface area contributed by atoms with Crippen LogP contribution in [0.4, 0.5) is 5.69 Å². The van der Waals surface area contributed by atoms with E-state index in [9.17, 15) is 8.42 Å². The maximum Gasteiger partial charge on any atom is 0.243 e. The van der Waals surface area contributed by atoms with Crippen LogP contribution in [-0.2, 0) is 14.8 Å². The van der Waals surface area contributed by atoms with Gasteiger partial charge in [-0.05, 0) is 38.5 Å². The topological polar surface area (TPSA) is 72.6 Å². The molecule has 0 saturated carbocycles. The standard InChI is InChI=1S/C13H19ClN2O3S/c1-9-11(15)6-10(14)7-12(9)20(17,18)16-4-5-19-13(2,3)8-16/h6-7H,4-5,8,15H2,1-3H3. The molecule has 1 fully saturated rings. The molecular formula is C13H19ClN2O3S. The van der Waals surface area contributed by atoms with Gasteiger partial charge in [-0.2, -0.15) is 4.31 Å². The number of rotatable bonds is 2. The molecule has 20 heavy (non-hydrogen) atoms. The van der Waals surface area contributed by atoms with E-state index in [1.54, 1.807) is 13.0 Å². The fourth-order valence-electron chi connectivity index (χ4n) is 2.26. The van der Waals surface area contributed by atoms with Gasteiger partial charge in [0.1, 0.15) is 0 Å². The third kappa shape index (κ3) is 2.93. The van der Waals surface area contributed by atoms with Crippen LogP contribution in [0.3, 0.4) is 0 Å². The van der Waals surface area contributed by atoms with Crippen LogP contribution in [0.15, 0.2) is 17.0 Å². The number of hydrogen-bond acceptors (Lipinski definition) is 4. The summed E-state index contributed by atoms with van der Waals surface area (Å²) in [5.41, 5.74) is 6.22. The Balaban J connectivity index is 2.46. The molecule has 0 aliphatic carbocycles. The molecule has 0 amide bonds. The molecule has 0 unspecified atom stereocenters. The lowest BCUT2D eigenvalue weighted by molar-refractivity contribution is -0.0640. The molecule has 7 heteroatoms. The summed E-state index contributed by atoms with van der Waals surface area (Å²) in [6.45, 7) is 6.44. The van der Waals surface area contributed by atoms with Crippen molar-refractivity contribution in [2.75, 3.05) is 25.4 Å². The van der Waals surface area contributed by atoms with Crippen molar-refractivity contribution in [2.24, 2.45) is 0 Å². The number of nitrogen functional groups attached to an aromatic ring is 1. The van der Waals surface area contributed by atoms with Gasteiger partial charge in [-0.1, -0.05) is 11.6 Å². The van der Waals surface area contributed by atoms with E-state index in [2.05, 4.69) is 0 Å². The maximum atomic E-state index is 12.8. The van der Waals surface area contributed by atoms with Gasteiger partial charge in [0, 0.05) is 23.8 Å². The predicted octanol–water partition coefficient (Wildman–Crippen LogP) is 2.03. The first-order valence-corrected chi connectivity index (χ1v) is 8.15. The van der Waals surface area contributed by atoms with Crippen LogP contribution in [0.1, 0.15) is 19.4 Å². The number of sulfonamides is 1. The average Bonchev–Trinajstić information content (AvgIpc) is 2.32. The summed E-state index contributed by atoms with van der Waals surface area (Å²) < 4.78 is 32.5. The van der Waals surface area contributed by atoms with Crippen LogP contribution < -0.4 is 5.73 Å². The first-order chi connectivity index (χ1) is 9.13. The van der Waals surface area contributed by atoms with Gasteiger partial charge < -0.3 is 10.5 Å². The Kier molecular flexibility index (Phi) is 4.03. The van der Waals surface area contributed by atoms with Crippen molar-refractivity contribution in [3.05, 3.63) is 22.7 Å². The molecule has 1 aliphatic rings. The minimum atomic E-state index is -3.62. The molecule has 1 heterocycles. The molecule has 5 nitrogen and oxygen atoms in total. The summed E-state index contributed by atoms with van der Waals surface area (Å²) in [5.74, 6) is 0. The smallest absolute Gasteiger partial charge is 0.243 e. The van der Waals surface area contributed by atoms with E-state index >= 15 is 0 Å². The number of nitrogens with zero attached hydrogens (tertiary/aromatic N) is 1. The molecule has 1 aliphatic heterocycles. The lowest BCUT2D eigenvalue weighted by atomic mass is 10.1. The van der Waals surface area contributed by atoms with Gasteiger partial charge >= 0.3 is 0 Å². The van der Waals surface area contributed by atoms with E-state index in [-0.39, 0.29) is 4.90 Å². The number of ether oxygens (including phenoxy) is 1. The number of anilines is 1. The van der Waals surface area contributed by atoms with Gasteiger partial charge in [-0.15, -0.1) is 0 Å². The summed E-state index contributed by atoms with van der Waals surface area (Å²) in [7, 11) is -3.62. The fraction of sp³-hybridized carbons (Fsp3) is 0.538. The molecule has 0 spiro atoms. The molecule has 1 saturated heterocycles. The van der Waals surface area contributed by atoms with Gasteiger partial charge in [0.05, 0.1) is 17.1 Å². The van der Waals surface area contributed by atoms with Crippen molar-refractivity contribution in [3.63, 3.8) is 0 Å². The molecule has 112 valence electrons. The lowest BCUT2D eigenvalue weighted by Gasteiger charge is -2.37. The Morgan fingerprint density at radius 3 is 2.65 bits per heavy atom. The number of nitrogens with two attached hydrogens (primary N) is 1. The fourth-order valence-corrected chi connectivity index (χ4v) is 4.41. The van der Waals surface area contributed by atoms with Crippen molar-refractivity contribution in [1.82, 2.24) is 4.31 Å². The first-order valence-electron chi connectivity index (χ1n) is 6.33. The molecule has 1 aromatic carbocycles. The first kappa shape index (κ1) is 15.6. The SMILES string of the molecule is Cc1c(N)cc(Cl)cc1S(=O)(=O)N1CCOC(C)(C)C1. The van der Waals surface area contributed by atoms with Gasteiger partial charge in [-0.25, -0.2) is 8.42 Å². The van der Waals surface area contributed by atoms with Crippen LogP contribution in [0.2, 0.25) is 5.02 Å². The zero-order chi connectivity index (χ0) is 15.1. The lowest BCUT2D eigenvalue weighted by Crippen LogP contribution is -2.50. The Hall–Kier alpha value is -0.820. The van der Waals surface area contributed by atoms with E-state index in [1.165, 1.54) is 10.4 Å². The second kappa shape index (κ2) is 5.18. The minimum Gasteiger partial charge on any atom is -0.398 e. The Morgan fingerprint density at radius 2 is 2.05 bits per heavy atom. The highest BCUT2D eigenvalue weighted by Gasteiger charge is 2.35. The number of hydrogen-bond donors (Lipinski definition) is 1. The molecule has 2 N–H and O–H groups in total. The minimum absolute atomic E-state index is 0.167. The summed E-state index contributed by atoms with van der Waals surface area (Å²) in [5, 5.41) is 0.319. The zero-order valence-corrected chi connectivity index (χ0v) is 13.4. The van der Waals surface area contributed by atoms with Gasteiger partial charge in [0.25, 0.3) is 0 Å². The quantitative estimate of drug-likeness (QED) is 0.847. The van der Waals surface area contributed by atoms with E-state index < -0.39 is 15.6 Å². The Morgan fingerprint density at radius 1 is 1.40 bits per heavy atom. The number of benzene rings is 1. The Bertz CT molecular complexity index is 629. The molecular weight excluding hydrogens is 300 g/mol. The highest BCUT2D eigenvalue weighted by Crippen LogP contribution is 2.30. The summed E-state index contributed by atoms with van der Waals surface area (Å²) >= 11 is 5.94. The molecule has 0 aromatic heterocycles. The van der Waals surface area contributed by atoms with E-state index in [4.69, 9.17) is 22.1 Å². The second-order valence-electron chi connectivity index (χ2n) is 5.56. The predicted molar refractivity (Wildman–Crippen MR) is 79.4 cm³/mol. The molecule has 0 radical (unpaired) electrons. The van der Waals surface area contributed by atoms with Gasteiger partial charge in [0.15, 0.2) is 0 Å². The highest BCUT2D eigenvalue weighted by atomic mass is 35.5. The van der Waals surface area contributed by atoms with Crippen molar-refractivity contribution in [1.29, 1.82) is 0 Å². The van der Waals surface area contributed by atoms with Crippen molar-refractivity contribution in [2.45, 2.75) is 31.3 Å². The molecule has 1 aromatic rings. The third-order valence-corrected chi connectivity index (χ3v) is 5.56. The maximum absolute atomic E-state index is 12.8. The van der Waals surface area contributed by atoms with E-state index in [1.807, 2.05) is 13.8 Å². The number of halogens is 1. The average molecular weight is 319 g/mol. The van der Waals surface area contributed by atoms with Crippen molar-refractivity contribution in [3.8, 4) is 0 Å².